The first-order valence-electron chi connectivity index (χ1n) is 7.02. The SMILES string of the molecule is Cc1ccc(NCC(=O)c2ccc3c(c2)NC(=O)CO3)cc1. The lowest BCUT2D eigenvalue weighted by Gasteiger charge is -2.18. The van der Waals surface area contributed by atoms with Crippen LogP contribution in [0, 0.1) is 6.92 Å². The van der Waals surface area contributed by atoms with E-state index >= 15 is 0 Å². The summed E-state index contributed by atoms with van der Waals surface area (Å²) in [7, 11) is 0. The molecule has 5 nitrogen and oxygen atoms in total. The Bertz CT molecular complexity index is 723. The molecule has 112 valence electrons. The van der Waals surface area contributed by atoms with Crippen molar-refractivity contribution in [1.29, 1.82) is 0 Å². The van der Waals surface area contributed by atoms with Gasteiger partial charge >= 0.3 is 0 Å². The summed E-state index contributed by atoms with van der Waals surface area (Å²) >= 11 is 0. The first-order chi connectivity index (χ1) is 10.6. The topological polar surface area (TPSA) is 67.4 Å². The van der Waals surface area contributed by atoms with Gasteiger partial charge in [0.25, 0.3) is 5.91 Å². The van der Waals surface area contributed by atoms with Crippen molar-refractivity contribution >= 4 is 23.1 Å². The number of amides is 1. The quantitative estimate of drug-likeness (QED) is 0.851. The number of anilines is 2. The number of carbonyl (C=O) groups is 2. The van der Waals surface area contributed by atoms with Gasteiger partial charge < -0.3 is 15.4 Å². The minimum atomic E-state index is -0.213. The smallest absolute Gasteiger partial charge is 0.262 e. The first-order valence-corrected chi connectivity index (χ1v) is 7.02. The summed E-state index contributed by atoms with van der Waals surface area (Å²) in [5.74, 6) is 0.320. The molecule has 0 saturated carbocycles. The van der Waals surface area contributed by atoms with Crippen molar-refractivity contribution in [2.75, 3.05) is 23.8 Å². The Hall–Kier alpha value is -2.82. The molecule has 1 aliphatic heterocycles. The van der Waals surface area contributed by atoms with Crippen LogP contribution in [0.3, 0.4) is 0 Å². The molecule has 0 aromatic heterocycles. The number of rotatable bonds is 4. The van der Waals surface area contributed by atoms with Gasteiger partial charge in [0.15, 0.2) is 12.4 Å². The van der Waals surface area contributed by atoms with Gasteiger partial charge in [0, 0.05) is 11.3 Å². The number of benzene rings is 2. The van der Waals surface area contributed by atoms with Crippen LogP contribution >= 0.6 is 0 Å². The molecule has 0 aliphatic carbocycles. The average Bonchev–Trinajstić information content (AvgIpc) is 2.53. The van der Waals surface area contributed by atoms with Crippen molar-refractivity contribution in [2.24, 2.45) is 0 Å². The van der Waals surface area contributed by atoms with Gasteiger partial charge in [0.2, 0.25) is 0 Å². The molecule has 1 heterocycles. The summed E-state index contributed by atoms with van der Waals surface area (Å²) < 4.78 is 5.27. The maximum absolute atomic E-state index is 12.2. The Labute approximate surface area is 128 Å². The fourth-order valence-corrected chi connectivity index (χ4v) is 2.21. The van der Waals surface area contributed by atoms with Crippen molar-refractivity contribution in [3.05, 3.63) is 53.6 Å². The molecule has 0 spiro atoms. The van der Waals surface area contributed by atoms with E-state index in [9.17, 15) is 9.59 Å². The van der Waals surface area contributed by atoms with E-state index in [-0.39, 0.29) is 24.8 Å². The third-order valence-corrected chi connectivity index (χ3v) is 3.44. The van der Waals surface area contributed by atoms with E-state index in [1.54, 1.807) is 18.2 Å². The number of Topliss-reactive ketones (excluding diaryl/α,β-unsaturated/α-hetero) is 1. The molecule has 0 bridgehead atoms. The van der Waals surface area contributed by atoms with Crippen LogP contribution in [0.4, 0.5) is 11.4 Å². The molecule has 0 saturated heterocycles. The van der Waals surface area contributed by atoms with Gasteiger partial charge in [-0.25, -0.2) is 0 Å². The predicted molar refractivity (Wildman–Crippen MR) is 84.6 cm³/mol. The molecule has 1 amide bonds. The molecule has 2 aromatic carbocycles. The van der Waals surface area contributed by atoms with Crippen LogP contribution < -0.4 is 15.4 Å². The molecule has 2 N–H and O–H groups in total. The van der Waals surface area contributed by atoms with Crippen molar-refractivity contribution in [2.45, 2.75) is 6.92 Å². The summed E-state index contributed by atoms with van der Waals surface area (Å²) in [5.41, 5.74) is 3.14. The molecule has 0 fully saturated rings. The highest BCUT2D eigenvalue weighted by molar-refractivity contribution is 6.02. The number of ketones is 1. The summed E-state index contributed by atoms with van der Waals surface area (Å²) in [6.45, 7) is 2.21. The molecular weight excluding hydrogens is 280 g/mol. The summed E-state index contributed by atoms with van der Waals surface area (Å²) in [4.78, 5) is 23.5. The van der Waals surface area contributed by atoms with Gasteiger partial charge in [-0.2, -0.15) is 0 Å². The Morgan fingerprint density at radius 3 is 2.77 bits per heavy atom. The van der Waals surface area contributed by atoms with Crippen LogP contribution in [0.15, 0.2) is 42.5 Å². The lowest BCUT2D eigenvalue weighted by atomic mass is 10.1. The van der Waals surface area contributed by atoms with E-state index in [4.69, 9.17) is 4.74 Å². The van der Waals surface area contributed by atoms with Gasteiger partial charge in [-0.3, -0.25) is 9.59 Å². The van der Waals surface area contributed by atoms with Crippen LogP contribution in [0.5, 0.6) is 5.75 Å². The normalized spacial score (nSPS) is 12.9. The third-order valence-electron chi connectivity index (χ3n) is 3.44. The van der Waals surface area contributed by atoms with E-state index < -0.39 is 0 Å². The number of nitrogens with one attached hydrogen (secondary N) is 2. The zero-order chi connectivity index (χ0) is 15.5. The van der Waals surface area contributed by atoms with E-state index in [1.165, 1.54) is 5.56 Å². The third kappa shape index (κ3) is 3.09. The first kappa shape index (κ1) is 14.1. The Balaban J connectivity index is 1.68. The number of ether oxygens (including phenoxy) is 1. The van der Waals surface area contributed by atoms with E-state index in [1.807, 2.05) is 31.2 Å². The van der Waals surface area contributed by atoms with Crippen LogP contribution in [-0.4, -0.2) is 24.8 Å². The average molecular weight is 296 g/mol. The van der Waals surface area contributed by atoms with Crippen LogP contribution in [0.25, 0.3) is 0 Å². The number of aryl methyl sites for hydroxylation is 1. The van der Waals surface area contributed by atoms with E-state index in [2.05, 4.69) is 10.6 Å². The molecule has 0 atom stereocenters. The van der Waals surface area contributed by atoms with Crippen molar-refractivity contribution in [1.82, 2.24) is 0 Å². The largest absolute Gasteiger partial charge is 0.482 e. The van der Waals surface area contributed by atoms with Crippen molar-refractivity contribution in [3.8, 4) is 5.75 Å². The van der Waals surface area contributed by atoms with Gasteiger partial charge in [0.05, 0.1) is 12.2 Å². The maximum atomic E-state index is 12.2. The van der Waals surface area contributed by atoms with Crippen LogP contribution in [0.2, 0.25) is 0 Å². The lowest BCUT2D eigenvalue weighted by Crippen LogP contribution is -2.25. The summed E-state index contributed by atoms with van der Waals surface area (Å²) in [6.07, 6.45) is 0. The number of hydrogen-bond acceptors (Lipinski definition) is 4. The zero-order valence-electron chi connectivity index (χ0n) is 12.2. The second-order valence-corrected chi connectivity index (χ2v) is 5.19. The maximum Gasteiger partial charge on any atom is 0.262 e. The van der Waals surface area contributed by atoms with Crippen molar-refractivity contribution in [3.63, 3.8) is 0 Å². The molecule has 2 aromatic rings. The van der Waals surface area contributed by atoms with E-state index in [0.717, 1.165) is 5.69 Å². The second-order valence-electron chi connectivity index (χ2n) is 5.19. The summed E-state index contributed by atoms with van der Waals surface area (Å²) in [6, 6.07) is 12.9. The number of fused-ring (bicyclic) bond motifs is 1. The van der Waals surface area contributed by atoms with E-state index in [0.29, 0.717) is 17.0 Å². The van der Waals surface area contributed by atoms with Gasteiger partial charge in [-0.05, 0) is 37.3 Å². The standard InChI is InChI=1S/C17H16N2O3/c1-11-2-5-13(6-3-11)18-9-15(20)12-4-7-16-14(8-12)19-17(21)10-22-16/h2-8,18H,9-10H2,1H3,(H,19,21). The molecule has 22 heavy (non-hydrogen) atoms. The molecule has 0 unspecified atom stereocenters. The van der Waals surface area contributed by atoms with Crippen molar-refractivity contribution < 1.29 is 14.3 Å². The lowest BCUT2D eigenvalue weighted by molar-refractivity contribution is -0.118. The highest BCUT2D eigenvalue weighted by atomic mass is 16.5. The molecular formula is C17H16N2O3. The fourth-order valence-electron chi connectivity index (χ4n) is 2.21. The number of carbonyl (C=O) groups excluding carboxylic acids is 2. The van der Waals surface area contributed by atoms with Gasteiger partial charge in [-0.1, -0.05) is 17.7 Å². The highest BCUT2D eigenvalue weighted by Crippen LogP contribution is 2.28. The predicted octanol–water partition coefficient (Wildman–Crippen LogP) is 2.62. The Morgan fingerprint density at radius 2 is 2.00 bits per heavy atom. The van der Waals surface area contributed by atoms with Gasteiger partial charge in [-0.15, -0.1) is 0 Å². The number of hydrogen-bond donors (Lipinski definition) is 2. The Kier molecular flexibility index (Phi) is 3.78. The monoisotopic (exact) mass is 296 g/mol. The molecule has 1 aliphatic rings. The van der Waals surface area contributed by atoms with Crippen LogP contribution in [0.1, 0.15) is 15.9 Å². The molecule has 5 heteroatoms. The molecule has 3 rings (SSSR count). The summed E-state index contributed by atoms with van der Waals surface area (Å²) in [5, 5.41) is 5.79. The second kappa shape index (κ2) is 5.89. The van der Waals surface area contributed by atoms with Crippen LogP contribution in [-0.2, 0) is 4.79 Å². The van der Waals surface area contributed by atoms with Gasteiger partial charge in [0.1, 0.15) is 5.75 Å². The minimum Gasteiger partial charge on any atom is -0.482 e. The minimum absolute atomic E-state index is 0.00920. The molecule has 0 radical (unpaired) electrons. The zero-order valence-corrected chi connectivity index (χ0v) is 12.2. The highest BCUT2D eigenvalue weighted by Gasteiger charge is 2.17. The Morgan fingerprint density at radius 1 is 1.23 bits per heavy atom. The fraction of sp³-hybridized carbons (Fsp3) is 0.176.